The molecule has 2 heterocycles. The van der Waals surface area contributed by atoms with Gasteiger partial charge in [-0.25, -0.2) is 14.4 Å². The molecule has 2 aromatic rings. The van der Waals surface area contributed by atoms with Gasteiger partial charge in [-0.15, -0.1) is 0 Å². The van der Waals surface area contributed by atoms with Gasteiger partial charge in [0, 0.05) is 42.8 Å². The van der Waals surface area contributed by atoms with Gasteiger partial charge in [0.05, 0.1) is 5.69 Å². The fourth-order valence-corrected chi connectivity index (χ4v) is 4.89. The van der Waals surface area contributed by atoms with Crippen molar-refractivity contribution in [3.63, 3.8) is 0 Å². The SMILES string of the molecule is CC(C)(C)OC(=O)N1CCC[C@@H]1C(=O)Nc1ccccc1C(=O)c1ccccc1.CC(C)(C)OC(=O)N1CCC[C@@H]1C(=O)O.[I][V][I].[V]. The Morgan fingerprint density at radius 3 is 1.69 bits per heavy atom. The van der Waals surface area contributed by atoms with E-state index < -0.39 is 41.4 Å². The van der Waals surface area contributed by atoms with Crippen molar-refractivity contribution in [1.29, 1.82) is 0 Å². The molecule has 2 aliphatic heterocycles. The van der Waals surface area contributed by atoms with Gasteiger partial charge in [0.25, 0.3) is 0 Å². The number of hydrogen-bond acceptors (Lipinski definition) is 7. The van der Waals surface area contributed by atoms with Crippen LogP contribution < -0.4 is 5.32 Å². The summed E-state index contributed by atoms with van der Waals surface area (Å²) < 4.78 is 10.6. The summed E-state index contributed by atoms with van der Waals surface area (Å²) >= 11 is 4.74. The van der Waals surface area contributed by atoms with Gasteiger partial charge < -0.3 is 19.9 Å². The molecule has 15 heteroatoms. The second-order valence-corrected chi connectivity index (χ2v) is 24.6. The van der Waals surface area contributed by atoms with Crippen LogP contribution in [0.2, 0.25) is 0 Å². The normalized spacial score (nSPS) is 16.9. The number of aliphatic carboxylic acids is 1. The Hall–Kier alpha value is -1.78. The van der Waals surface area contributed by atoms with Crippen molar-refractivity contribution in [3.8, 4) is 0 Å². The van der Waals surface area contributed by atoms with E-state index in [-0.39, 0.29) is 30.2 Å². The van der Waals surface area contributed by atoms with E-state index in [2.05, 4.69) is 45.3 Å². The third kappa shape index (κ3) is 14.6. The zero-order valence-corrected chi connectivity index (χ0v) is 35.1. The molecule has 1 radical (unpaired) electrons. The number of ketones is 1. The monoisotopic (exact) mass is 965 g/mol. The molecule has 2 aromatic carbocycles. The molecule has 262 valence electrons. The van der Waals surface area contributed by atoms with Gasteiger partial charge in [0.1, 0.15) is 23.3 Å². The van der Waals surface area contributed by atoms with Crippen molar-refractivity contribution >= 4 is 75.5 Å². The Morgan fingerprint density at radius 1 is 0.771 bits per heavy atom. The molecule has 2 saturated heterocycles. The van der Waals surface area contributed by atoms with Crippen LogP contribution in [-0.4, -0.2) is 81.1 Å². The Balaban J connectivity index is 0.000000511. The van der Waals surface area contributed by atoms with Gasteiger partial charge in [0.2, 0.25) is 5.91 Å². The van der Waals surface area contributed by atoms with E-state index in [0.717, 1.165) is 12.8 Å². The minimum atomic E-state index is -0.960. The number of likely N-dealkylation sites (tertiary alicyclic amines) is 2. The second-order valence-electron chi connectivity index (χ2n) is 12.8. The molecule has 2 atom stereocenters. The zero-order valence-electron chi connectivity index (χ0n) is 27.9. The number of hydrogen-bond donors (Lipinski definition) is 2. The molecular weight excluding hydrogens is 922 g/mol. The van der Waals surface area contributed by atoms with Gasteiger partial charge in [-0.3, -0.25) is 19.4 Å². The molecule has 2 aliphatic rings. The molecular formula is C33H43I2N3O8V2. The first-order chi connectivity index (χ1) is 22.0. The summed E-state index contributed by atoms with van der Waals surface area (Å²) in [6.45, 7) is 11.6. The third-order valence-electron chi connectivity index (χ3n) is 6.81. The molecule has 4 rings (SSSR count). The number of benzene rings is 2. The Kier molecular flexibility index (Phi) is 19.2. The molecule has 0 aromatic heterocycles. The Labute approximate surface area is 323 Å². The molecule has 3 amide bonds. The third-order valence-corrected chi connectivity index (χ3v) is 6.81. The molecule has 2 fully saturated rings. The van der Waals surface area contributed by atoms with E-state index in [1.165, 1.54) is 9.80 Å². The van der Waals surface area contributed by atoms with Crippen LogP contribution in [0.25, 0.3) is 0 Å². The van der Waals surface area contributed by atoms with Crippen molar-refractivity contribution in [2.45, 2.75) is 90.5 Å². The molecule has 0 unspecified atom stereocenters. The first-order valence-corrected chi connectivity index (χ1v) is 24.1. The number of nitrogens with zero attached hydrogens (tertiary/aromatic N) is 2. The van der Waals surface area contributed by atoms with Crippen LogP contribution in [-0.2, 0) is 47.1 Å². The first-order valence-electron chi connectivity index (χ1n) is 15.1. The summed E-state index contributed by atoms with van der Waals surface area (Å²) in [6.07, 6.45) is 1.48. The average Bonchev–Trinajstić information content (AvgIpc) is 3.68. The van der Waals surface area contributed by atoms with E-state index in [1.54, 1.807) is 90.1 Å². The van der Waals surface area contributed by atoms with Crippen molar-refractivity contribution in [3.05, 3.63) is 65.7 Å². The number of carboxylic acids is 1. The fraction of sp³-hybridized carbons (Fsp3) is 0.485. The number of nitrogens with one attached hydrogen (secondary N) is 1. The van der Waals surface area contributed by atoms with Gasteiger partial charge in [-0.05, 0) is 79.4 Å². The predicted octanol–water partition coefficient (Wildman–Crippen LogP) is 7.49. The standard InChI is InChI=1S/C23H26N2O4.C10H17NO4.2HI.2V/c1-23(2,3)29-22(28)25-15-9-14-19(25)21(27)24-18-13-8-7-12-17(18)20(26)16-10-5-4-6-11-16;1-10(2,3)15-9(14)11-6-4-5-7(11)8(12)13;;;;/h4-8,10-13,19H,9,14-15H2,1-3H3,(H,24,27);7H,4-6H2,1-3H3,(H,12,13);2*1H;;/q;;;;;+2/p-2/t19-;7-;;;;/m11..../s1. The van der Waals surface area contributed by atoms with Gasteiger partial charge in [-0.2, -0.15) is 0 Å². The van der Waals surface area contributed by atoms with E-state index in [9.17, 15) is 24.0 Å². The maximum atomic E-state index is 12.9. The van der Waals surface area contributed by atoms with E-state index >= 15 is 0 Å². The molecule has 48 heavy (non-hydrogen) atoms. The maximum absolute atomic E-state index is 12.9. The van der Waals surface area contributed by atoms with Crippen LogP contribution in [0.5, 0.6) is 0 Å². The van der Waals surface area contributed by atoms with Gasteiger partial charge >= 0.3 is 67.6 Å². The molecule has 0 saturated carbocycles. The van der Waals surface area contributed by atoms with Crippen LogP contribution in [0.1, 0.15) is 83.1 Å². The Bertz CT molecular complexity index is 1390. The Morgan fingerprint density at radius 2 is 1.21 bits per heavy atom. The average molecular weight is 965 g/mol. The van der Waals surface area contributed by atoms with Crippen molar-refractivity contribution in [1.82, 2.24) is 9.80 Å². The fourth-order valence-electron chi connectivity index (χ4n) is 4.89. The number of carbonyl (C=O) groups excluding carboxylic acids is 4. The van der Waals surface area contributed by atoms with E-state index in [0.29, 0.717) is 52.2 Å². The number of para-hydroxylation sites is 1. The molecule has 11 nitrogen and oxygen atoms in total. The summed E-state index contributed by atoms with van der Waals surface area (Å²) in [5.74, 6) is -1.45. The number of carboxylic acid groups (broad SMARTS) is 1. The molecule has 0 bridgehead atoms. The summed E-state index contributed by atoms with van der Waals surface area (Å²) in [7, 11) is 0.628. The number of halogens is 2. The van der Waals surface area contributed by atoms with Crippen molar-refractivity contribution in [2.75, 3.05) is 18.4 Å². The predicted molar refractivity (Wildman–Crippen MR) is 193 cm³/mol. The molecule has 0 spiro atoms. The largest absolute Gasteiger partial charge is 0 e. The first kappa shape index (κ1) is 44.2. The van der Waals surface area contributed by atoms with Crippen molar-refractivity contribution in [2.24, 2.45) is 0 Å². The van der Waals surface area contributed by atoms with Crippen molar-refractivity contribution < 1.29 is 66.6 Å². The zero-order chi connectivity index (χ0) is 35.4. The summed E-state index contributed by atoms with van der Waals surface area (Å²) in [5.41, 5.74) is 0.180. The topological polar surface area (TPSA) is 143 Å². The number of carbonyl (C=O) groups is 5. The van der Waals surface area contributed by atoms with Crippen LogP contribution in [0.4, 0.5) is 15.3 Å². The summed E-state index contributed by atoms with van der Waals surface area (Å²) in [4.78, 5) is 63.5. The molecule has 2 N–H and O–H groups in total. The minimum Gasteiger partial charge on any atom is 0 e. The number of anilines is 1. The summed E-state index contributed by atoms with van der Waals surface area (Å²) in [6, 6.07) is 14.5. The van der Waals surface area contributed by atoms with E-state index in [1.807, 2.05) is 6.07 Å². The molecule has 0 aliphatic carbocycles. The van der Waals surface area contributed by atoms with Gasteiger partial charge in [0.15, 0.2) is 5.78 Å². The minimum absolute atomic E-state index is 0. The smallest absolute Gasteiger partial charge is 0 e. The number of amides is 3. The van der Waals surface area contributed by atoms with Crippen LogP contribution in [0.15, 0.2) is 54.6 Å². The summed E-state index contributed by atoms with van der Waals surface area (Å²) in [5, 5.41) is 11.7. The number of rotatable bonds is 5. The maximum Gasteiger partial charge on any atom is 0 e. The van der Waals surface area contributed by atoms with Crippen LogP contribution in [0, 0.1) is 0 Å². The number of ether oxygens (including phenoxy) is 2. The second kappa shape index (κ2) is 20.8. The van der Waals surface area contributed by atoms with Crippen LogP contribution in [0.3, 0.4) is 0 Å². The van der Waals surface area contributed by atoms with E-state index in [4.69, 9.17) is 14.6 Å². The quantitative estimate of drug-likeness (QED) is 0.232. The van der Waals surface area contributed by atoms with Gasteiger partial charge in [-0.1, -0.05) is 42.5 Å². The van der Waals surface area contributed by atoms with Crippen LogP contribution >= 0.6 is 40.0 Å².